The van der Waals surface area contributed by atoms with Gasteiger partial charge in [-0.25, -0.2) is 4.98 Å². The van der Waals surface area contributed by atoms with Crippen LogP contribution in [0.3, 0.4) is 0 Å². The molecule has 3 heterocycles. The fourth-order valence-electron chi connectivity index (χ4n) is 2.51. The van der Waals surface area contributed by atoms with Crippen molar-refractivity contribution in [1.82, 2.24) is 9.88 Å². The molecule has 1 aliphatic rings. The molecule has 1 fully saturated rings. The van der Waals surface area contributed by atoms with E-state index in [2.05, 4.69) is 31.6 Å². The first-order valence-corrected chi connectivity index (χ1v) is 7.95. The maximum Gasteiger partial charge on any atom is 0.128 e. The van der Waals surface area contributed by atoms with Crippen molar-refractivity contribution in [1.29, 1.82) is 0 Å². The van der Waals surface area contributed by atoms with Crippen molar-refractivity contribution in [3.8, 4) is 0 Å². The van der Waals surface area contributed by atoms with E-state index < -0.39 is 0 Å². The number of hydrogen-bond donors (Lipinski definition) is 1. The maximum atomic E-state index is 5.68. The Hall–Kier alpha value is -1.59. The Bertz CT molecular complexity index is 515. The Labute approximate surface area is 123 Å². The summed E-state index contributed by atoms with van der Waals surface area (Å²) < 4.78 is 0. The first-order chi connectivity index (χ1) is 9.81. The van der Waals surface area contributed by atoms with E-state index >= 15 is 0 Å². The van der Waals surface area contributed by atoms with Crippen molar-refractivity contribution in [2.24, 2.45) is 0 Å². The third-order valence-corrected chi connectivity index (χ3v) is 4.50. The first kappa shape index (κ1) is 13.4. The van der Waals surface area contributed by atoms with Gasteiger partial charge in [0, 0.05) is 32.7 Å². The van der Waals surface area contributed by atoms with E-state index in [0.29, 0.717) is 0 Å². The van der Waals surface area contributed by atoms with Crippen molar-refractivity contribution < 1.29 is 0 Å². The number of hydrogen-bond acceptors (Lipinski definition) is 5. The van der Waals surface area contributed by atoms with Gasteiger partial charge in [0.1, 0.15) is 5.82 Å². The molecule has 0 atom stereocenters. The monoisotopic (exact) mass is 288 g/mol. The van der Waals surface area contributed by atoms with Crippen molar-refractivity contribution >= 4 is 22.8 Å². The van der Waals surface area contributed by atoms with Crippen molar-refractivity contribution in [3.63, 3.8) is 0 Å². The number of pyridine rings is 1. The van der Waals surface area contributed by atoms with Gasteiger partial charge in [-0.05, 0) is 40.9 Å². The van der Waals surface area contributed by atoms with Gasteiger partial charge in [-0.1, -0.05) is 0 Å². The molecule has 106 valence electrons. The van der Waals surface area contributed by atoms with Crippen LogP contribution < -0.4 is 10.6 Å². The molecule has 0 bridgehead atoms. The molecule has 0 unspecified atom stereocenters. The minimum absolute atomic E-state index is 0.725. The molecule has 0 saturated carbocycles. The second-order valence-electron chi connectivity index (χ2n) is 5.16. The SMILES string of the molecule is Nc1ccc(N2CCN(CCc3ccsc3)CC2)nc1. The Kier molecular flexibility index (Phi) is 4.18. The van der Waals surface area contributed by atoms with E-state index in [1.807, 2.05) is 12.1 Å². The van der Waals surface area contributed by atoms with Gasteiger partial charge in [0.2, 0.25) is 0 Å². The molecule has 0 aliphatic carbocycles. The van der Waals surface area contributed by atoms with Crippen LogP contribution in [-0.2, 0) is 6.42 Å². The van der Waals surface area contributed by atoms with E-state index in [9.17, 15) is 0 Å². The summed E-state index contributed by atoms with van der Waals surface area (Å²) in [5.74, 6) is 1.04. The van der Waals surface area contributed by atoms with Crippen LogP contribution in [0, 0.1) is 0 Å². The molecule has 0 spiro atoms. The van der Waals surface area contributed by atoms with Crippen LogP contribution in [0.4, 0.5) is 11.5 Å². The summed E-state index contributed by atoms with van der Waals surface area (Å²) in [6.07, 6.45) is 2.89. The molecule has 1 saturated heterocycles. The minimum Gasteiger partial charge on any atom is -0.397 e. The van der Waals surface area contributed by atoms with E-state index in [0.717, 1.165) is 50.6 Å². The molecule has 0 aromatic carbocycles. The van der Waals surface area contributed by atoms with Gasteiger partial charge >= 0.3 is 0 Å². The number of rotatable bonds is 4. The van der Waals surface area contributed by atoms with Crippen LogP contribution in [0.1, 0.15) is 5.56 Å². The first-order valence-electron chi connectivity index (χ1n) is 7.01. The van der Waals surface area contributed by atoms with Crippen LogP contribution in [0.25, 0.3) is 0 Å². The quantitative estimate of drug-likeness (QED) is 0.936. The summed E-state index contributed by atoms with van der Waals surface area (Å²) in [5.41, 5.74) is 7.86. The fraction of sp³-hybridized carbons (Fsp3) is 0.400. The van der Waals surface area contributed by atoms with Crippen LogP contribution in [0.2, 0.25) is 0 Å². The van der Waals surface area contributed by atoms with Crippen molar-refractivity contribution in [3.05, 3.63) is 40.7 Å². The fourth-order valence-corrected chi connectivity index (χ4v) is 3.21. The van der Waals surface area contributed by atoms with Crippen LogP contribution in [0.15, 0.2) is 35.2 Å². The molecular weight excluding hydrogens is 268 g/mol. The highest BCUT2D eigenvalue weighted by atomic mass is 32.1. The minimum atomic E-state index is 0.725. The Morgan fingerprint density at radius 2 is 2.00 bits per heavy atom. The van der Waals surface area contributed by atoms with Gasteiger partial charge in [-0.15, -0.1) is 0 Å². The second-order valence-corrected chi connectivity index (χ2v) is 5.94. The molecular formula is C15H20N4S. The van der Waals surface area contributed by atoms with Crippen molar-refractivity contribution in [2.45, 2.75) is 6.42 Å². The number of anilines is 2. The van der Waals surface area contributed by atoms with Gasteiger partial charge < -0.3 is 10.6 Å². The lowest BCUT2D eigenvalue weighted by molar-refractivity contribution is 0.260. The van der Waals surface area contributed by atoms with Crippen LogP contribution in [0.5, 0.6) is 0 Å². The molecule has 1 aliphatic heterocycles. The zero-order valence-electron chi connectivity index (χ0n) is 11.5. The summed E-state index contributed by atoms with van der Waals surface area (Å²) in [6.45, 7) is 5.45. The molecule has 2 aromatic rings. The Morgan fingerprint density at radius 3 is 2.65 bits per heavy atom. The second kappa shape index (κ2) is 6.24. The lowest BCUT2D eigenvalue weighted by Crippen LogP contribution is -2.47. The number of nitrogens with two attached hydrogens (primary N) is 1. The van der Waals surface area contributed by atoms with Gasteiger partial charge in [0.15, 0.2) is 0 Å². The maximum absolute atomic E-state index is 5.68. The van der Waals surface area contributed by atoms with Crippen LogP contribution in [-0.4, -0.2) is 42.6 Å². The van der Waals surface area contributed by atoms with Crippen molar-refractivity contribution in [2.75, 3.05) is 43.4 Å². The third kappa shape index (κ3) is 3.29. The zero-order valence-corrected chi connectivity index (χ0v) is 12.4. The van der Waals surface area contributed by atoms with Gasteiger partial charge in [-0.2, -0.15) is 11.3 Å². The van der Waals surface area contributed by atoms with Gasteiger partial charge in [0.05, 0.1) is 11.9 Å². The molecule has 4 nitrogen and oxygen atoms in total. The summed E-state index contributed by atoms with van der Waals surface area (Å²) in [4.78, 5) is 9.26. The highest BCUT2D eigenvalue weighted by molar-refractivity contribution is 7.07. The zero-order chi connectivity index (χ0) is 13.8. The number of thiophene rings is 1. The predicted octanol–water partition coefficient (Wildman–Crippen LogP) is 2.09. The molecule has 2 N–H and O–H groups in total. The van der Waals surface area contributed by atoms with Gasteiger partial charge in [-0.3, -0.25) is 4.90 Å². The summed E-state index contributed by atoms with van der Waals surface area (Å²) in [6, 6.07) is 6.15. The number of nitrogens with zero attached hydrogens (tertiary/aromatic N) is 3. The van der Waals surface area contributed by atoms with E-state index in [4.69, 9.17) is 5.73 Å². The number of nitrogen functional groups attached to an aromatic ring is 1. The lowest BCUT2D eigenvalue weighted by Gasteiger charge is -2.35. The highest BCUT2D eigenvalue weighted by Gasteiger charge is 2.17. The van der Waals surface area contributed by atoms with E-state index in [-0.39, 0.29) is 0 Å². The molecule has 5 heteroatoms. The molecule has 0 radical (unpaired) electrons. The lowest BCUT2D eigenvalue weighted by atomic mass is 10.2. The Balaban J connectivity index is 1.48. The molecule has 3 rings (SSSR count). The summed E-state index contributed by atoms with van der Waals surface area (Å²) in [5, 5.41) is 4.40. The van der Waals surface area contributed by atoms with E-state index in [1.54, 1.807) is 17.5 Å². The average molecular weight is 288 g/mol. The standard InChI is InChI=1S/C15H20N4S/c16-14-1-2-15(17-11-14)19-8-6-18(7-9-19)5-3-13-4-10-20-12-13/h1-2,4,10-12H,3,5-9,16H2. The molecule has 0 amide bonds. The molecule has 20 heavy (non-hydrogen) atoms. The highest BCUT2D eigenvalue weighted by Crippen LogP contribution is 2.15. The topological polar surface area (TPSA) is 45.4 Å². The Morgan fingerprint density at radius 1 is 1.15 bits per heavy atom. The number of aromatic nitrogens is 1. The number of piperazine rings is 1. The average Bonchev–Trinajstić information content (AvgIpc) is 3.00. The normalized spacial score (nSPS) is 16.5. The van der Waals surface area contributed by atoms with Gasteiger partial charge in [0.25, 0.3) is 0 Å². The third-order valence-electron chi connectivity index (χ3n) is 3.76. The summed E-state index contributed by atoms with van der Waals surface area (Å²) in [7, 11) is 0. The smallest absolute Gasteiger partial charge is 0.128 e. The summed E-state index contributed by atoms with van der Waals surface area (Å²) >= 11 is 1.78. The van der Waals surface area contributed by atoms with Crippen LogP contribution >= 0.6 is 11.3 Å². The predicted molar refractivity (Wildman–Crippen MR) is 85.3 cm³/mol. The van der Waals surface area contributed by atoms with E-state index in [1.165, 1.54) is 5.56 Å². The molecule has 2 aromatic heterocycles. The largest absolute Gasteiger partial charge is 0.397 e.